The summed E-state index contributed by atoms with van der Waals surface area (Å²) in [4.78, 5) is 50.5. The van der Waals surface area contributed by atoms with Crippen LogP contribution in [0.25, 0.3) is 0 Å². The molecule has 0 aliphatic carbocycles. The Hall–Kier alpha value is -2.96. The average molecular weight is 572 g/mol. The molecule has 2 N–H and O–H groups in total. The van der Waals surface area contributed by atoms with Crippen LogP contribution in [0.2, 0.25) is 5.02 Å². The van der Waals surface area contributed by atoms with Gasteiger partial charge in [-0.25, -0.2) is 9.36 Å². The Morgan fingerprint density at radius 1 is 1.29 bits per heavy atom. The van der Waals surface area contributed by atoms with E-state index in [0.717, 1.165) is 0 Å². The van der Waals surface area contributed by atoms with Crippen LogP contribution in [0.1, 0.15) is 43.5 Å². The fourth-order valence-electron chi connectivity index (χ4n) is 3.95. The van der Waals surface area contributed by atoms with Crippen molar-refractivity contribution in [3.63, 3.8) is 0 Å². The summed E-state index contributed by atoms with van der Waals surface area (Å²) in [5.74, 6) is -0.674. The molecule has 2 aliphatic heterocycles. The van der Waals surface area contributed by atoms with Crippen LogP contribution in [-0.2, 0) is 39.3 Å². The zero-order valence-electron chi connectivity index (χ0n) is 20.6. The third-order valence-corrected chi connectivity index (χ3v) is 7.42. The van der Waals surface area contributed by atoms with Crippen molar-refractivity contribution in [1.82, 2.24) is 14.9 Å². The minimum atomic E-state index is -4.06. The number of halogens is 1. The third-order valence-electron chi connectivity index (χ3n) is 5.86. The summed E-state index contributed by atoms with van der Waals surface area (Å²) >= 11 is 5.97. The highest BCUT2D eigenvalue weighted by atomic mass is 35.5. The summed E-state index contributed by atoms with van der Waals surface area (Å²) in [6.07, 6.45) is -1.71. The van der Waals surface area contributed by atoms with Crippen molar-refractivity contribution in [3.05, 3.63) is 61.4 Å². The van der Waals surface area contributed by atoms with Gasteiger partial charge in [0.1, 0.15) is 24.2 Å². The number of aromatic amines is 1. The highest BCUT2D eigenvalue weighted by molar-refractivity contribution is 7.49. The minimum Gasteiger partial charge on any atom is -0.459 e. The number of nitrogens with one attached hydrogen (secondary N) is 2. The molecule has 2 aliphatic rings. The third kappa shape index (κ3) is 6.72. The number of benzene rings is 1. The number of aromatic nitrogens is 2. The summed E-state index contributed by atoms with van der Waals surface area (Å²) < 4.78 is 42.0. The van der Waals surface area contributed by atoms with Gasteiger partial charge in [-0.3, -0.25) is 33.0 Å². The SMILES string of the molecule is CCNC(=O)CCC(=O)OC1CC(n2cc(C)c(=O)[nH]c2=O)OC1COP1(=O)OCc2cc(Cl)ccc2O1. The van der Waals surface area contributed by atoms with Crippen molar-refractivity contribution < 1.29 is 37.2 Å². The second kappa shape index (κ2) is 11.8. The molecule has 206 valence electrons. The summed E-state index contributed by atoms with van der Waals surface area (Å²) in [6.45, 7) is 3.28. The number of hydrogen-bond donors (Lipinski definition) is 2. The van der Waals surface area contributed by atoms with Gasteiger partial charge in [-0.05, 0) is 32.0 Å². The van der Waals surface area contributed by atoms with Crippen molar-refractivity contribution in [1.29, 1.82) is 0 Å². The minimum absolute atomic E-state index is 0.0274. The fraction of sp³-hybridized carbons (Fsp3) is 0.478. The van der Waals surface area contributed by atoms with Crippen molar-refractivity contribution in [2.45, 2.75) is 58.2 Å². The number of carbonyl (C=O) groups is 2. The first kappa shape index (κ1) is 28.1. The quantitative estimate of drug-likeness (QED) is 0.337. The number of nitrogens with zero attached hydrogens (tertiary/aromatic N) is 1. The molecule has 1 aromatic heterocycles. The van der Waals surface area contributed by atoms with Gasteiger partial charge in [0.05, 0.1) is 19.6 Å². The van der Waals surface area contributed by atoms with Crippen molar-refractivity contribution in [2.75, 3.05) is 13.2 Å². The van der Waals surface area contributed by atoms with E-state index in [1.54, 1.807) is 25.1 Å². The fourth-order valence-corrected chi connectivity index (χ4v) is 5.37. The average Bonchev–Trinajstić information content (AvgIpc) is 3.26. The molecule has 38 heavy (non-hydrogen) atoms. The molecule has 15 heteroatoms. The van der Waals surface area contributed by atoms with E-state index in [2.05, 4.69) is 10.3 Å². The van der Waals surface area contributed by atoms with E-state index in [9.17, 15) is 23.7 Å². The standard InChI is InChI=1S/C23H27ClN3O10P/c1-3-25-19(28)6-7-21(29)36-17-9-20(27-10-13(2)22(30)26-23(27)31)35-18(17)12-34-38(32)33-11-14-8-15(24)4-5-16(14)37-38/h4-5,8,10,17-18,20H,3,6-7,9,11-12H2,1-2H3,(H,25,28)(H,26,30,31). The molecule has 1 saturated heterocycles. The Morgan fingerprint density at radius 2 is 2.08 bits per heavy atom. The van der Waals surface area contributed by atoms with Crippen LogP contribution in [0.15, 0.2) is 34.0 Å². The molecule has 0 spiro atoms. The van der Waals surface area contributed by atoms with E-state index in [1.807, 2.05) is 0 Å². The maximum Gasteiger partial charge on any atom is 0.530 e. The molecular weight excluding hydrogens is 545 g/mol. The van der Waals surface area contributed by atoms with E-state index >= 15 is 0 Å². The number of esters is 1. The molecule has 2 aromatic rings. The van der Waals surface area contributed by atoms with Gasteiger partial charge in [-0.2, -0.15) is 0 Å². The molecule has 0 radical (unpaired) electrons. The van der Waals surface area contributed by atoms with Crippen molar-refractivity contribution in [3.8, 4) is 5.75 Å². The Balaban J connectivity index is 1.47. The molecule has 4 rings (SSSR count). The lowest BCUT2D eigenvalue weighted by Gasteiger charge is -2.26. The molecule has 13 nitrogen and oxygen atoms in total. The van der Waals surface area contributed by atoms with Gasteiger partial charge in [-0.1, -0.05) is 11.6 Å². The molecule has 3 heterocycles. The summed E-state index contributed by atoms with van der Waals surface area (Å²) in [7, 11) is -4.06. The predicted octanol–water partition coefficient (Wildman–Crippen LogP) is 2.35. The number of aryl methyl sites for hydroxylation is 1. The smallest absolute Gasteiger partial charge is 0.459 e. The maximum atomic E-state index is 13.1. The van der Waals surface area contributed by atoms with Gasteiger partial charge in [0, 0.05) is 41.7 Å². The molecule has 1 aromatic carbocycles. The maximum absolute atomic E-state index is 13.1. The number of carbonyl (C=O) groups excluding carboxylic acids is 2. The summed E-state index contributed by atoms with van der Waals surface area (Å²) in [6, 6.07) is 4.73. The predicted molar refractivity (Wildman–Crippen MR) is 133 cm³/mol. The second-order valence-electron chi connectivity index (χ2n) is 8.69. The molecule has 1 amide bonds. The lowest BCUT2D eigenvalue weighted by Crippen LogP contribution is -2.33. The summed E-state index contributed by atoms with van der Waals surface area (Å²) in [5, 5.41) is 3.06. The Kier molecular flexibility index (Phi) is 8.74. The zero-order chi connectivity index (χ0) is 27.4. The monoisotopic (exact) mass is 571 g/mol. The van der Waals surface area contributed by atoms with E-state index < -0.39 is 43.5 Å². The van der Waals surface area contributed by atoms with E-state index in [0.29, 0.717) is 17.1 Å². The number of ether oxygens (including phenoxy) is 2. The highest BCUT2D eigenvalue weighted by Crippen LogP contribution is 2.55. The van der Waals surface area contributed by atoms with Gasteiger partial charge in [0.15, 0.2) is 0 Å². The topological polar surface area (TPSA) is 164 Å². The molecule has 0 saturated carbocycles. The van der Waals surface area contributed by atoms with Crippen molar-refractivity contribution in [2.24, 2.45) is 0 Å². The first-order valence-corrected chi connectivity index (χ1v) is 13.7. The summed E-state index contributed by atoms with van der Waals surface area (Å²) in [5.41, 5.74) is -0.383. The number of phosphoric ester groups is 1. The van der Waals surface area contributed by atoms with Gasteiger partial charge in [0.2, 0.25) is 5.91 Å². The lowest BCUT2D eigenvalue weighted by atomic mass is 10.2. The Morgan fingerprint density at radius 3 is 2.84 bits per heavy atom. The van der Waals surface area contributed by atoms with E-state index in [4.69, 9.17) is 34.6 Å². The Labute approximate surface area is 221 Å². The number of hydrogen-bond acceptors (Lipinski definition) is 10. The van der Waals surface area contributed by atoms with Gasteiger partial charge in [-0.15, -0.1) is 0 Å². The number of H-pyrrole nitrogens is 1. The van der Waals surface area contributed by atoms with Crippen LogP contribution in [0.5, 0.6) is 5.75 Å². The molecule has 4 unspecified atom stereocenters. The first-order chi connectivity index (χ1) is 18.1. The second-order valence-corrected chi connectivity index (χ2v) is 10.7. The molecule has 4 atom stereocenters. The number of amides is 1. The molecule has 1 fully saturated rings. The number of rotatable bonds is 9. The zero-order valence-corrected chi connectivity index (χ0v) is 22.3. The van der Waals surface area contributed by atoms with E-state index in [1.165, 1.54) is 17.7 Å². The van der Waals surface area contributed by atoms with Crippen LogP contribution in [-0.4, -0.2) is 46.8 Å². The highest BCUT2D eigenvalue weighted by Gasteiger charge is 2.43. The normalized spacial score (nSPS) is 24.3. The van der Waals surface area contributed by atoms with Crippen LogP contribution in [0.3, 0.4) is 0 Å². The number of phosphoric acid groups is 1. The van der Waals surface area contributed by atoms with Crippen LogP contribution in [0, 0.1) is 6.92 Å². The largest absolute Gasteiger partial charge is 0.530 e. The lowest BCUT2D eigenvalue weighted by molar-refractivity contribution is -0.153. The van der Waals surface area contributed by atoms with Crippen molar-refractivity contribution >= 4 is 31.3 Å². The molecular formula is C23H27ClN3O10P. The number of fused-ring (bicyclic) bond motifs is 1. The van der Waals surface area contributed by atoms with Crippen LogP contribution in [0.4, 0.5) is 0 Å². The van der Waals surface area contributed by atoms with Crippen LogP contribution < -0.4 is 21.1 Å². The molecule has 0 bridgehead atoms. The van der Waals surface area contributed by atoms with E-state index in [-0.39, 0.29) is 49.7 Å². The Bertz CT molecular complexity index is 1380. The van der Waals surface area contributed by atoms with Gasteiger partial charge in [0.25, 0.3) is 5.56 Å². The first-order valence-electron chi connectivity index (χ1n) is 11.9. The van der Waals surface area contributed by atoms with Gasteiger partial charge >= 0.3 is 19.5 Å². The van der Waals surface area contributed by atoms with Crippen LogP contribution >= 0.6 is 19.4 Å². The van der Waals surface area contributed by atoms with Gasteiger partial charge < -0.3 is 19.3 Å².